The molecule has 30 heavy (non-hydrogen) atoms. The lowest BCUT2D eigenvalue weighted by Crippen LogP contribution is -2.54. The van der Waals surface area contributed by atoms with Gasteiger partial charge in [0.05, 0.1) is 17.4 Å². The van der Waals surface area contributed by atoms with Gasteiger partial charge in [-0.3, -0.25) is 9.20 Å². The number of piperidine rings is 1. The number of halogens is 1. The maximum absolute atomic E-state index is 15.4. The summed E-state index contributed by atoms with van der Waals surface area (Å²) in [6, 6.07) is 1.49. The molecule has 6 nitrogen and oxygen atoms in total. The van der Waals surface area contributed by atoms with Crippen LogP contribution in [0.1, 0.15) is 66.4 Å². The number of hydrogen-bond donors (Lipinski definition) is 2. The minimum atomic E-state index is -1.28. The number of aryl methyl sites for hydroxylation is 1. The monoisotopic (exact) mass is 413 g/mol. The molecule has 5 rings (SSSR count). The highest BCUT2D eigenvalue weighted by molar-refractivity contribution is 5.89. The van der Waals surface area contributed by atoms with E-state index < -0.39 is 17.3 Å². The molecule has 3 heterocycles. The van der Waals surface area contributed by atoms with Crippen molar-refractivity contribution < 1.29 is 14.3 Å². The van der Waals surface area contributed by atoms with Crippen LogP contribution < -0.4 is 16.2 Å². The summed E-state index contributed by atoms with van der Waals surface area (Å²) in [5, 5.41) is 9.46. The third-order valence-corrected chi connectivity index (χ3v) is 7.58. The topological polar surface area (TPSA) is 88.0 Å². The molecule has 2 aliphatic carbocycles. The van der Waals surface area contributed by atoms with E-state index in [4.69, 9.17) is 5.73 Å². The molecule has 3 aliphatic rings. The highest BCUT2D eigenvalue weighted by atomic mass is 19.1. The molecule has 2 aromatic rings. The second kappa shape index (κ2) is 6.54. The van der Waals surface area contributed by atoms with Gasteiger partial charge in [0.1, 0.15) is 5.56 Å². The first kappa shape index (κ1) is 19.5. The number of nitrogens with two attached hydrogens (primary N) is 1. The van der Waals surface area contributed by atoms with Crippen LogP contribution in [0.2, 0.25) is 0 Å². The average molecular weight is 413 g/mol. The lowest BCUT2D eigenvalue weighted by Gasteiger charge is -2.44. The molecule has 2 aromatic heterocycles. The summed E-state index contributed by atoms with van der Waals surface area (Å²) in [7, 11) is 0. The number of rotatable bonds is 4. The third-order valence-electron chi connectivity index (χ3n) is 7.58. The highest BCUT2D eigenvalue weighted by Gasteiger charge is 2.54. The smallest absolute Gasteiger partial charge is 0.341 e. The summed E-state index contributed by atoms with van der Waals surface area (Å²) < 4.78 is 16.6. The van der Waals surface area contributed by atoms with Crippen LogP contribution in [0.25, 0.3) is 5.52 Å². The van der Waals surface area contributed by atoms with E-state index >= 15 is 4.39 Å². The Bertz CT molecular complexity index is 1120. The summed E-state index contributed by atoms with van der Waals surface area (Å²) in [6.07, 6.45) is 6.37. The Kier molecular flexibility index (Phi) is 4.26. The van der Waals surface area contributed by atoms with E-state index in [1.54, 1.807) is 0 Å². The second-order valence-corrected chi connectivity index (χ2v) is 9.49. The maximum atomic E-state index is 15.4. The van der Waals surface area contributed by atoms with Crippen molar-refractivity contribution >= 4 is 17.2 Å². The van der Waals surface area contributed by atoms with Gasteiger partial charge < -0.3 is 15.7 Å². The van der Waals surface area contributed by atoms with E-state index in [1.165, 1.54) is 16.7 Å². The molecule has 0 radical (unpaired) electrons. The van der Waals surface area contributed by atoms with Crippen LogP contribution in [0.15, 0.2) is 17.1 Å². The molecular formula is C23H28FN3O3. The van der Waals surface area contributed by atoms with Crippen molar-refractivity contribution in [2.45, 2.75) is 57.9 Å². The van der Waals surface area contributed by atoms with Gasteiger partial charge in [0, 0.05) is 19.1 Å². The second-order valence-electron chi connectivity index (χ2n) is 9.49. The van der Waals surface area contributed by atoms with Gasteiger partial charge in [-0.05, 0) is 67.1 Å². The molecule has 1 aliphatic heterocycles. The molecule has 2 atom stereocenters. The van der Waals surface area contributed by atoms with Crippen LogP contribution >= 0.6 is 0 Å². The number of pyridine rings is 2. The van der Waals surface area contributed by atoms with Crippen LogP contribution in [0.5, 0.6) is 0 Å². The molecular weight excluding hydrogens is 385 g/mol. The van der Waals surface area contributed by atoms with Crippen molar-refractivity contribution in [3.8, 4) is 0 Å². The number of aromatic carboxylic acids is 1. The largest absolute Gasteiger partial charge is 0.477 e. The van der Waals surface area contributed by atoms with Gasteiger partial charge >= 0.3 is 5.97 Å². The van der Waals surface area contributed by atoms with Crippen molar-refractivity contribution in [3.63, 3.8) is 0 Å². The number of nitrogens with zero attached hydrogens (tertiary/aromatic N) is 2. The number of hydrogen-bond acceptors (Lipinski definition) is 4. The molecule has 0 unspecified atom stereocenters. The Morgan fingerprint density at radius 3 is 2.63 bits per heavy atom. The van der Waals surface area contributed by atoms with Gasteiger partial charge in [-0.2, -0.15) is 0 Å². The van der Waals surface area contributed by atoms with E-state index in [9.17, 15) is 14.7 Å². The van der Waals surface area contributed by atoms with Crippen molar-refractivity contribution in [3.05, 3.63) is 45.1 Å². The fourth-order valence-corrected chi connectivity index (χ4v) is 5.88. The Labute approximate surface area is 174 Å². The predicted molar refractivity (Wildman–Crippen MR) is 113 cm³/mol. The zero-order valence-electron chi connectivity index (χ0n) is 17.4. The van der Waals surface area contributed by atoms with Crippen molar-refractivity contribution in [1.29, 1.82) is 0 Å². The van der Waals surface area contributed by atoms with Gasteiger partial charge in [0.15, 0.2) is 5.82 Å². The summed E-state index contributed by atoms with van der Waals surface area (Å²) in [6.45, 7) is 5.39. The number of aromatic nitrogens is 1. The van der Waals surface area contributed by atoms with Crippen LogP contribution in [-0.4, -0.2) is 34.6 Å². The molecule has 7 heteroatoms. The molecule has 3 fully saturated rings. The van der Waals surface area contributed by atoms with Gasteiger partial charge in [0.2, 0.25) is 0 Å². The van der Waals surface area contributed by atoms with Crippen LogP contribution in [0.4, 0.5) is 10.1 Å². The molecule has 0 aromatic carbocycles. The SMILES string of the molecule is CC[C@@H]1[C@H](N)CN(c2c(F)cn3c(=O)c(C(=O)O)cc(C4CC4)c3c2C)CC12CC2. The number of anilines is 1. The Morgan fingerprint density at radius 1 is 1.37 bits per heavy atom. The Morgan fingerprint density at radius 2 is 2.07 bits per heavy atom. The van der Waals surface area contributed by atoms with E-state index in [-0.39, 0.29) is 22.9 Å². The zero-order valence-corrected chi connectivity index (χ0v) is 17.4. The number of carboxylic acid groups (broad SMARTS) is 1. The minimum absolute atomic E-state index is 0.0132. The summed E-state index contributed by atoms with van der Waals surface area (Å²) in [5.41, 5.74) is 8.40. The highest BCUT2D eigenvalue weighted by Crippen LogP contribution is 2.57. The fraction of sp³-hybridized carbons (Fsp3) is 0.565. The van der Waals surface area contributed by atoms with E-state index in [0.29, 0.717) is 29.2 Å². The maximum Gasteiger partial charge on any atom is 0.341 e. The molecule has 1 spiro atoms. The van der Waals surface area contributed by atoms with E-state index in [0.717, 1.165) is 44.2 Å². The van der Waals surface area contributed by atoms with Gasteiger partial charge in [-0.15, -0.1) is 0 Å². The zero-order chi connectivity index (χ0) is 21.4. The first-order chi connectivity index (χ1) is 14.3. The van der Waals surface area contributed by atoms with E-state index in [2.05, 4.69) is 11.8 Å². The number of carbonyl (C=O) groups is 1. The molecule has 0 amide bonds. The molecule has 1 saturated heterocycles. The van der Waals surface area contributed by atoms with Crippen molar-refractivity contribution in [2.75, 3.05) is 18.0 Å². The summed E-state index contributed by atoms with van der Waals surface area (Å²) >= 11 is 0. The average Bonchev–Trinajstić information content (AvgIpc) is 3.59. The molecule has 160 valence electrons. The lowest BCUT2D eigenvalue weighted by molar-refractivity contribution is 0.0694. The molecule has 3 N–H and O–H groups in total. The lowest BCUT2D eigenvalue weighted by atomic mass is 9.77. The number of carboxylic acids is 1. The summed E-state index contributed by atoms with van der Waals surface area (Å²) in [5.74, 6) is -1.09. The fourth-order valence-electron chi connectivity index (χ4n) is 5.88. The number of fused-ring (bicyclic) bond motifs is 1. The first-order valence-corrected chi connectivity index (χ1v) is 10.9. The quantitative estimate of drug-likeness (QED) is 0.803. The summed E-state index contributed by atoms with van der Waals surface area (Å²) in [4.78, 5) is 26.4. The van der Waals surface area contributed by atoms with Gasteiger partial charge in [-0.25, -0.2) is 9.18 Å². The Hall–Kier alpha value is -2.41. The predicted octanol–water partition coefficient (Wildman–Crippen LogP) is 3.28. The van der Waals surface area contributed by atoms with Crippen molar-refractivity contribution in [1.82, 2.24) is 4.40 Å². The van der Waals surface area contributed by atoms with Gasteiger partial charge in [0.25, 0.3) is 5.56 Å². The van der Waals surface area contributed by atoms with Crippen LogP contribution in [0, 0.1) is 24.1 Å². The first-order valence-electron chi connectivity index (χ1n) is 10.9. The standard InChI is InChI=1S/C23H28FN3O3/c1-3-16-18(25)10-26(11-23(16)6-7-23)20-12(2)19-14(13-4-5-13)8-15(22(29)30)21(28)27(19)9-17(20)24/h8-9,13,16,18H,3-7,10-11,25H2,1-2H3,(H,29,30)/t16-,18-/m1/s1. The van der Waals surface area contributed by atoms with E-state index in [1.807, 2.05) is 6.92 Å². The van der Waals surface area contributed by atoms with Crippen LogP contribution in [0.3, 0.4) is 0 Å². The van der Waals surface area contributed by atoms with Crippen LogP contribution in [-0.2, 0) is 0 Å². The van der Waals surface area contributed by atoms with Crippen molar-refractivity contribution in [2.24, 2.45) is 17.1 Å². The Balaban J connectivity index is 1.69. The minimum Gasteiger partial charge on any atom is -0.477 e. The third kappa shape index (κ3) is 2.78. The molecule has 2 saturated carbocycles. The van der Waals surface area contributed by atoms with Gasteiger partial charge in [-0.1, -0.05) is 13.3 Å². The normalized spacial score (nSPS) is 25.1. The molecule has 0 bridgehead atoms.